The molecule has 6 heteroatoms. The second kappa shape index (κ2) is 6.70. The van der Waals surface area contributed by atoms with Gasteiger partial charge in [0.15, 0.2) is 0 Å². The molecule has 1 heterocycles. The number of anilines is 2. The van der Waals surface area contributed by atoms with Crippen molar-refractivity contribution in [3.05, 3.63) is 59.7 Å². The lowest BCUT2D eigenvalue weighted by Gasteiger charge is -2.13. The van der Waals surface area contributed by atoms with E-state index in [4.69, 9.17) is 10.5 Å². The molecule has 1 aliphatic heterocycles. The van der Waals surface area contributed by atoms with Crippen molar-refractivity contribution < 1.29 is 14.3 Å². The van der Waals surface area contributed by atoms with Gasteiger partial charge in [0.2, 0.25) is 0 Å². The van der Waals surface area contributed by atoms with Gasteiger partial charge in [0.1, 0.15) is 6.61 Å². The van der Waals surface area contributed by atoms with Gasteiger partial charge in [-0.15, -0.1) is 0 Å². The number of nitrogens with two attached hydrogens (primary N) is 1. The summed E-state index contributed by atoms with van der Waals surface area (Å²) in [5, 5.41) is 2.90. The molecule has 0 bridgehead atoms. The highest BCUT2D eigenvalue weighted by Gasteiger charge is 2.49. The molecule has 1 aliphatic carbocycles. The van der Waals surface area contributed by atoms with Crippen LogP contribution in [0.1, 0.15) is 41.6 Å². The van der Waals surface area contributed by atoms with E-state index < -0.39 is 0 Å². The largest absolute Gasteiger partial charge is 0.447 e. The molecule has 6 nitrogen and oxygen atoms in total. The molecule has 0 spiro atoms. The fourth-order valence-corrected chi connectivity index (χ4v) is 3.58. The molecule has 3 N–H and O–H groups in total. The van der Waals surface area contributed by atoms with Crippen molar-refractivity contribution in [1.29, 1.82) is 0 Å². The van der Waals surface area contributed by atoms with Crippen LogP contribution in [-0.2, 0) is 4.74 Å². The summed E-state index contributed by atoms with van der Waals surface area (Å²) in [4.78, 5) is 25.6. The zero-order chi connectivity index (χ0) is 19.0. The van der Waals surface area contributed by atoms with Crippen LogP contribution in [0.3, 0.4) is 0 Å². The Bertz CT molecular complexity index is 863. The Morgan fingerprint density at radius 3 is 2.48 bits per heavy atom. The zero-order valence-corrected chi connectivity index (χ0v) is 15.3. The van der Waals surface area contributed by atoms with E-state index in [1.807, 2.05) is 24.3 Å². The van der Waals surface area contributed by atoms with Crippen molar-refractivity contribution in [3.8, 4) is 0 Å². The minimum Gasteiger partial charge on any atom is -0.447 e. The molecule has 1 saturated carbocycles. The molecule has 0 unspecified atom stereocenters. The first-order chi connectivity index (χ1) is 13.0. The van der Waals surface area contributed by atoms with Crippen LogP contribution in [0, 0.1) is 0 Å². The lowest BCUT2D eigenvalue weighted by atomic mass is 10.0. The molecule has 2 amide bonds. The number of hydrogen-bond acceptors (Lipinski definition) is 4. The number of nitrogens with zero attached hydrogens (tertiary/aromatic N) is 1. The van der Waals surface area contributed by atoms with Crippen molar-refractivity contribution in [2.45, 2.75) is 31.2 Å². The third-order valence-electron chi connectivity index (χ3n) is 5.55. The van der Waals surface area contributed by atoms with Gasteiger partial charge in [-0.1, -0.05) is 19.1 Å². The Balaban J connectivity index is 1.39. The van der Waals surface area contributed by atoms with Crippen molar-refractivity contribution in [2.75, 3.05) is 23.4 Å². The minimum absolute atomic E-state index is 0.0612. The van der Waals surface area contributed by atoms with E-state index in [1.54, 1.807) is 29.2 Å². The predicted molar refractivity (Wildman–Crippen MR) is 104 cm³/mol. The van der Waals surface area contributed by atoms with E-state index >= 15 is 0 Å². The molecule has 1 saturated heterocycles. The molecule has 140 valence electrons. The van der Waals surface area contributed by atoms with E-state index in [9.17, 15) is 9.59 Å². The smallest absolute Gasteiger partial charge is 0.414 e. The summed E-state index contributed by atoms with van der Waals surface area (Å²) >= 11 is 0. The van der Waals surface area contributed by atoms with Crippen molar-refractivity contribution >= 4 is 23.4 Å². The third-order valence-corrected chi connectivity index (χ3v) is 5.55. The van der Waals surface area contributed by atoms with E-state index in [-0.39, 0.29) is 17.5 Å². The van der Waals surface area contributed by atoms with Gasteiger partial charge < -0.3 is 15.8 Å². The quantitative estimate of drug-likeness (QED) is 0.849. The van der Waals surface area contributed by atoms with Gasteiger partial charge in [0.05, 0.1) is 6.54 Å². The molecule has 2 aromatic rings. The van der Waals surface area contributed by atoms with Gasteiger partial charge in [-0.3, -0.25) is 9.69 Å². The van der Waals surface area contributed by atoms with Crippen LogP contribution in [0.4, 0.5) is 16.2 Å². The van der Waals surface area contributed by atoms with Crippen LogP contribution in [0.15, 0.2) is 48.5 Å². The number of rotatable bonds is 5. The molecule has 2 aliphatic rings. The number of cyclic esters (lactones) is 1. The second-order valence-electron chi connectivity index (χ2n) is 7.23. The number of hydrogen-bond donors (Lipinski definition) is 2. The molecule has 27 heavy (non-hydrogen) atoms. The maximum Gasteiger partial charge on any atom is 0.414 e. The number of carbonyl (C=O) groups excluding carboxylic acids is 2. The van der Waals surface area contributed by atoms with Gasteiger partial charge in [-0.2, -0.15) is 0 Å². The van der Waals surface area contributed by atoms with E-state index in [0.717, 1.165) is 24.2 Å². The van der Waals surface area contributed by atoms with E-state index in [1.165, 1.54) is 5.56 Å². The summed E-state index contributed by atoms with van der Waals surface area (Å²) in [5.41, 5.74) is 9.45. The Morgan fingerprint density at radius 2 is 1.93 bits per heavy atom. The summed E-state index contributed by atoms with van der Waals surface area (Å²) in [6.07, 6.45) is 1.64. The second-order valence-corrected chi connectivity index (χ2v) is 7.23. The first-order valence-electron chi connectivity index (χ1n) is 9.25. The van der Waals surface area contributed by atoms with Crippen LogP contribution < -0.4 is 16.0 Å². The highest BCUT2D eigenvalue weighted by molar-refractivity contribution is 6.04. The average Bonchev–Trinajstić information content (AvgIpc) is 3.19. The molecule has 4 rings (SSSR count). The molecular weight excluding hydrogens is 342 g/mol. The number of nitrogens with one attached hydrogen (secondary N) is 1. The monoisotopic (exact) mass is 365 g/mol. The Morgan fingerprint density at radius 1 is 1.22 bits per heavy atom. The average molecular weight is 365 g/mol. The Kier molecular flexibility index (Phi) is 4.36. The SMILES string of the molecule is CC[C@]1(N)C[C@H]1c1ccc(NC(=O)c2ccc(N3CCOC3=O)cc2)cc1. The normalized spacial score (nSPS) is 23.9. The van der Waals surface area contributed by atoms with E-state index in [0.29, 0.717) is 24.6 Å². The van der Waals surface area contributed by atoms with Gasteiger partial charge in [-0.25, -0.2) is 4.79 Å². The summed E-state index contributed by atoms with van der Waals surface area (Å²) in [5.74, 6) is 0.225. The van der Waals surface area contributed by atoms with E-state index in [2.05, 4.69) is 12.2 Å². The predicted octanol–water partition coefficient (Wildman–Crippen LogP) is 3.49. The van der Waals surface area contributed by atoms with Crippen LogP contribution in [-0.4, -0.2) is 30.7 Å². The zero-order valence-electron chi connectivity index (χ0n) is 15.3. The summed E-state index contributed by atoms with van der Waals surface area (Å²) in [6.45, 7) is 3.04. The number of benzene rings is 2. The Hall–Kier alpha value is -2.86. The van der Waals surface area contributed by atoms with Gasteiger partial charge in [0, 0.05) is 28.4 Å². The first-order valence-corrected chi connectivity index (χ1v) is 9.25. The van der Waals surface area contributed by atoms with Crippen LogP contribution >= 0.6 is 0 Å². The molecule has 2 fully saturated rings. The summed E-state index contributed by atoms with van der Waals surface area (Å²) in [7, 11) is 0. The van der Waals surface area contributed by atoms with Crippen LogP contribution in [0.2, 0.25) is 0 Å². The fraction of sp³-hybridized carbons (Fsp3) is 0.333. The first kappa shape index (κ1) is 17.5. The van der Waals surface area contributed by atoms with Crippen molar-refractivity contribution in [1.82, 2.24) is 0 Å². The van der Waals surface area contributed by atoms with Crippen LogP contribution in [0.5, 0.6) is 0 Å². The van der Waals surface area contributed by atoms with Gasteiger partial charge >= 0.3 is 6.09 Å². The fourth-order valence-electron chi connectivity index (χ4n) is 3.58. The Labute approximate surface area is 158 Å². The van der Waals surface area contributed by atoms with Gasteiger partial charge in [0.25, 0.3) is 5.91 Å². The molecule has 0 radical (unpaired) electrons. The number of amides is 2. The van der Waals surface area contributed by atoms with Crippen LogP contribution in [0.25, 0.3) is 0 Å². The lowest BCUT2D eigenvalue weighted by Crippen LogP contribution is -2.23. The molecule has 2 atom stereocenters. The van der Waals surface area contributed by atoms with Crippen molar-refractivity contribution in [3.63, 3.8) is 0 Å². The standard InChI is InChI=1S/C21H23N3O3/c1-2-21(22)13-18(21)14-3-7-16(8-4-14)23-19(25)15-5-9-17(10-6-15)24-11-12-27-20(24)26/h3-10,18H,2,11-13,22H2,1H3,(H,23,25)/t18-,21-/m0/s1. The highest BCUT2D eigenvalue weighted by Crippen LogP contribution is 2.51. The van der Waals surface area contributed by atoms with Gasteiger partial charge in [-0.05, 0) is 54.8 Å². The third kappa shape index (κ3) is 3.40. The molecular formula is C21H23N3O3. The maximum atomic E-state index is 12.5. The topological polar surface area (TPSA) is 84.7 Å². The maximum absolute atomic E-state index is 12.5. The summed E-state index contributed by atoms with van der Waals surface area (Å²) in [6, 6.07) is 14.8. The van der Waals surface area contributed by atoms with Crippen molar-refractivity contribution in [2.24, 2.45) is 5.73 Å². The molecule has 0 aromatic heterocycles. The minimum atomic E-state index is -0.354. The number of ether oxygens (including phenoxy) is 1. The lowest BCUT2D eigenvalue weighted by molar-refractivity contribution is 0.102. The summed E-state index contributed by atoms with van der Waals surface area (Å²) < 4.78 is 4.93. The molecule has 2 aromatic carbocycles. The highest BCUT2D eigenvalue weighted by atomic mass is 16.6. The number of carbonyl (C=O) groups is 2.